The minimum absolute atomic E-state index is 0. The summed E-state index contributed by atoms with van der Waals surface area (Å²) in [5, 5.41) is 2.20. The second kappa shape index (κ2) is 3.93. The Labute approximate surface area is 73.1 Å². The lowest BCUT2D eigenvalue weighted by molar-refractivity contribution is -0.132. The molecule has 0 aromatic rings. The number of carbonyl (C=O) groups is 2. The summed E-state index contributed by atoms with van der Waals surface area (Å²) in [5.41, 5.74) is 0. The van der Waals surface area contributed by atoms with Gasteiger partial charge in [0.25, 0.3) is 0 Å². The van der Waals surface area contributed by atoms with E-state index in [1.807, 2.05) is 0 Å². The van der Waals surface area contributed by atoms with Crippen LogP contribution in [-0.4, -0.2) is 16.6 Å². The van der Waals surface area contributed by atoms with Crippen molar-refractivity contribution in [1.29, 1.82) is 0 Å². The van der Waals surface area contributed by atoms with Crippen molar-refractivity contribution < 1.29 is 9.59 Å². The monoisotopic (exact) mass is 227 g/mol. The third kappa shape index (κ3) is 2.27. The van der Waals surface area contributed by atoms with Crippen LogP contribution in [0.1, 0.15) is 12.8 Å². The van der Waals surface area contributed by atoms with Crippen molar-refractivity contribution in [1.82, 2.24) is 5.32 Å². The highest BCUT2D eigenvalue weighted by Crippen LogP contribution is 2.11. The van der Waals surface area contributed by atoms with Gasteiger partial charge in [-0.1, -0.05) is 15.9 Å². The Hall–Kier alpha value is -0.0900. The fraction of sp³-hybridized carbons (Fsp3) is 0.600. The molecule has 1 saturated heterocycles. The maximum absolute atomic E-state index is 10.6. The van der Waals surface area contributed by atoms with Crippen molar-refractivity contribution in [2.75, 3.05) is 0 Å². The molecular weight excluding hydrogens is 221 g/mol. The average molecular weight is 228 g/mol. The molecular formula is C5H7BrClNO2. The molecule has 0 bridgehead atoms. The van der Waals surface area contributed by atoms with Crippen molar-refractivity contribution in [3.05, 3.63) is 0 Å². The molecule has 10 heavy (non-hydrogen) atoms. The highest BCUT2D eigenvalue weighted by atomic mass is 79.9. The summed E-state index contributed by atoms with van der Waals surface area (Å²) >= 11 is 3.12. The number of carbonyl (C=O) groups excluding carboxylic acids is 2. The van der Waals surface area contributed by atoms with E-state index in [1.165, 1.54) is 0 Å². The first-order chi connectivity index (χ1) is 4.20. The zero-order valence-corrected chi connectivity index (χ0v) is 7.50. The van der Waals surface area contributed by atoms with Crippen molar-refractivity contribution in [3.63, 3.8) is 0 Å². The van der Waals surface area contributed by atoms with Crippen LogP contribution in [0.5, 0.6) is 0 Å². The number of alkyl halides is 1. The summed E-state index contributed by atoms with van der Waals surface area (Å²) in [6, 6.07) is 0. The van der Waals surface area contributed by atoms with Crippen LogP contribution >= 0.6 is 28.3 Å². The number of rotatable bonds is 0. The van der Waals surface area contributed by atoms with Crippen molar-refractivity contribution in [3.8, 4) is 0 Å². The van der Waals surface area contributed by atoms with E-state index < -0.39 is 0 Å². The van der Waals surface area contributed by atoms with E-state index >= 15 is 0 Å². The average Bonchev–Trinajstić information content (AvgIpc) is 1.80. The lowest BCUT2D eigenvalue weighted by atomic mass is 10.1. The molecule has 5 heteroatoms. The summed E-state index contributed by atoms with van der Waals surface area (Å²) in [6.07, 6.45) is 1.06. The van der Waals surface area contributed by atoms with E-state index in [0.717, 1.165) is 0 Å². The van der Waals surface area contributed by atoms with Crippen molar-refractivity contribution in [2.45, 2.75) is 17.7 Å². The molecule has 58 valence electrons. The lowest BCUT2D eigenvalue weighted by Crippen LogP contribution is -2.41. The zero-order valence-electron chi connectivity index (χ0n) is 5.09. The van der Waals surface area contributed by atoms with Crippen LogP contribution in [0.25, 0.3) is 0 Å². The maximum atomic E-state index is 10.6. The minimum atomic E-state index is -0.216. The van der Waals surface area contributed by atoms with Gasteiger partial charge in [-0.25, -0.2) is 0 Å². The van der Waals surface area contributed by atoms with Gasteiger partial charge in [-0.2, -0.15) is 0 Å². The highest BCUT2D eigenvalue weighted by molar-refractivity contribution is 9.10. The molecule has 0 aromatic carbocycles. The van der Waals surface area contributed by atoms with Crippen LogP contribution in [0.3, 0.4) is 0 Å². The van der Waals surface area contributed by atoms with Gasteiger partial charge in [-0.05, 0) is 6.42 Å². The highest BCUT2D eigenvalue weighted by Gasteiger charge is 2.23. The molecule has 1 fully saturated rings. The van der Waals surface area contributed by atoms with Gasteiger partial charge >= 0.3 is 0 Å². The number of halogens is 2. The Bertz CT molecular complexity index is 162. The fourth-order valence-corrected chi connectivity index (χ4v) is 1.01. The standard InChI is InChI=1S/C5H6BrNO2.ClH/c6-3-1-2-4(8)7-5(3)9;/h3H,1-2H2,(H,7,8,9);1H. The largest absolute Gasteiger partial charge is 0.295 e. The SMILES string of the molecule is Cl.O=C1CCC(Br)C(=O)N1. The van der Waals surface area contributed by atoms with Gasteiger partial charge < -0.3 is 0 Å². The molecule has 0 aromatic heterocycles. The van der Waals surface area contributed by atoms with Gasteiger partial charge in [-0.15, -0.1) is 12.4 Å². The van der Waals surface area contributed by atoms with Gasteiger partial charge in [0.1, 0.15) is 0 Å². The van der Waals surface area contributed by atoms with Crippen LogP contribution in [0, 0.1) is 0 Å². The molecule has 0 aliphatic carbocycles. The zero-order chi connectivity index (χ0) is 6.85. The molecule has 3 nitrogen and oxygen atoms in total. The first-order valence-corrected chi connectivity index (χ1v) is 3.59. The van der Waals surface area contributed by atoms with Gasteiger partial charge in [0.05, 0.1) is 4.83 Å². The summed E-state index contributed by atoms with van der Waals surface area (Å²) in [5.74, 6) is -0.387. The molecule has 1 aliphatic heterocycles. The Morgan fingerprint density at radius 1 is 1.50 bits per heavy atom. The Balaban J connectivity index is 0.000000810. The van der Waals surface area contributed by atoms with E-state index in [4.69, 9.17) is 0 Å². The third-order valence-electron chi connectivity index (χ3n) is 1.17. The number of nitrogens with one attached hydrogen (secondary N) is 1. The Kier molecular flexibility index (Phi) is 3.89. The summed E-state index contributed by atoms with van der Waals surface area (Å²) < 4.78 is 0. The molecule has 1 aliphatic rings. The molecule has 1 N–H and O–H groups in total. The van der Waals surface area contributed by atoms with Crippen LogP contribution < -0.4 is 5.32 Å². The Morgan fingerprint density at radius 2 is 2.10 bits per heavy atom. The maximum Gasteiger partial charge on any atom is 0.240 e. The predicted molar refractivity (Wildman–Crippen MR) is 42.3 cm³/mol. The summed E-state index contributed by atoms with van der Waals surface area (Å²) in [4.78, 5) is 20.9. The molecule has 0 radical (unpaired) electrons. The topological polar surface area (TPSA) is 46.2 Å². The number of hydrogen-bond acceptors (Lipinski definition) is 2. The smallest absolute Gasteiger partial charge is 0.240 e. The Morgan fingerprint density at radius 3 is 2.50 bits per heavy atom. The van der Waals surface area contributed by atoms with Gasteiger partial charge in [0.15, 0.2) is 0 Å². The molecule has 2 amide bonds. The summed E-state index contributed by atoms with van der Waals surface area (Å²) in [6.45, 7) is 0. The second-order valence-electron chi connectivity index (χ2n) is 1.92. The van der Waals surface area contributed by atoms with Gasteiger partial charge in [0.2, 0.25) is 11.8 Å². The molecule has 1 atom stereocenters. The van der Waals surface area contributed by atoms with Crippen molar-refractivity contribution >= 4 is 40.2 Å². The van der Waals surface area contributed by atoms with Crippen LogP contribution in [0.4, 0.5) is 0 Å². The van der Waals surface area contributed by atoms with Crippen LogP contribution in [-0.2, 0) is 9.59 Å². The second-order valence-corrected chi connectivity index (χ2v) is 3.02. The summed E-state index contributed by atoms with van der Waals surface area (Å²) in [7, 11) is 0. The van der Waals surface area contributed by atoms with Gasteiger partial charge in [0, 0.05) is 6.42 Å². The minimum Gasteiger partial charge on any atom is -0.295 e. The van der Waals surface area contributed by atoms with E-state index in [-0.39, 0.29) is 29.0 Å². The number of imide groups is 1. The third-order valence-corrected chi connectivity index (χ3v) is 2.05. The molecule has 0 saturated carbocycles. The van der Waals surface area contributed by atoms with E-state index in [0.29, 0.717) is 12.8 Å². The van der Waals surface area contributed by atoms with Gasteiger partial charge in [-0.3, -0.25) is 14.9 Å². The van der Waals surface area contributed by atoms with Crippen LogP contribution in [0.2, 0.25) is 0 Å². The fourth-order valence-electron chi connectivity index (χ4n) is 0.667. The van der Waals surface area contributed by atoms with Crippen LogP contribution in [0.15, 0.2) is 0 Å². The van der Waals surface area contributed by atoms with E-state index in [2.05, 4.69) is 21.2 Å². The molecule has 1 unspecified atom stereocenters. The normalized spacial score (nSPS) is 25.1. The number of piperidine rings is 1. The lowest BCUT2D eigenvalue weighted by Gasteiger charge is -2.14. The molecule has 1 heterocycles. The predicted octanol–water partition coefficient (Wildman–Crippen LogP) is 0.608. The number of amides is 2. The van der Waals surface area contributed by atoms with E-state index in [1.54, 1.807) is 0 Å². The molecule has 1 rings (SSSR count). The van der Waals surface area contributed by atoms with Crippen molar-refractivity contribution in [2.24, 2.45) is 0 Å². The molecule has 0 spiro atoms. The quantitative estimate of drug-likeness (QED) is 0.488. The number of hydrogen-bond donors (Lipinski definition) is 1. The first kappa shape index (κ1) is 9.91. The van der Waals surface area contributed by atoms with E-state index in [9.17, 15) is 9.59 Å². The first-order valence-electron chi connectivity index (χ1n) is 2.68.